The van der Waals surface area contributed by atoms with Crippen LogP contribution < -0.4 is 0 Å². The SMILES string of the molecule is CC(C)c1c(-c2cn(C)c3ncccc23)[nH]c2sc(C3CCN(CC(=O)N(C)C)CC3)nc12. The molecule has 8 heteroatoms. The first-order chi connectivity index (χ1) is 15.8. The number of aromatic amines is 1. The summed E-state index contributed by atoms with van der Waals surface area (Å²) in [5, 5.41) is 2.39. The fourth-order valence-corrected chi connectivity index (χ4v) is 6.09. The fraction of sp³-hybridized carbons (Fsp3) is 0.480. The average molecular weight is 465 g/mol. The largest absolute Gasteiger partial charge is 0.348 e. The number of carbonyl (C=O) groups excluding carboxylic acids is 1. The van der Waals surface area contributed by atoms with Gasteiger partial charge >= 0.3 is 0 Å². The van der Waals surface area contributed by atoms with Crippen LogP contribution in [0.4, 0.5) is 0 Å². The standard InChI is InChI=1S/C25H32N6OS/c1-15(2)20-21(18-13-30(5)23-17(18)7-6-10-26-23)27-25-22(20)28-24(33-25)16-8-11-31(12-9-16)14-19(32)29(3)4/h6-7,10,13,15-16,27H,8-9,11-12,14H2,1-5H3. The molecule has 1 saturated heterocycles. The van der Waals surface area contributed by atoms with Gasteiger partial charge in [-0.05, 0) is 44.0 Å². The lowest BCUT2D eigenvalue weighted by Gasteiger charge is -2.31. The van der Waals surface area contributed by atoms with Crippen molar-refractivity contribution in [3.05, 3.63) is 35.1 Å². The maximum Gasteiger partial charge on any atom is 0.236 e. The average Bonchev–Trinajstić information content (AvgIpc) is 3.45. The molecule has 0 spiro atoms. The highest BCUT2D eigenvalue weighted by Gasteiger charge is 2.27. The van der Waals surface area contributed by atoms with Gasteiger partial charge in [0.15, 0.2) is 0 Å². The zero-order valence-electron chi connectivity index (χ0n) is 20.1. The van der Waals surface area contributed by atoms with Crippen molar-refractivity contribution >= 4 is 38.6 Å². The van der Waals surface area contributed by atoms with E-state index < -0.39 is 0 Å². The summed E-state index contributed by atoms with van der Waals surface area (Å²) in [5.41, 5.74) is 5.76. The Kier molecular flexibility index (Phi) is 5.74. The van der Waals surface area contributed by atoms with E-state index in [9.17, 15) is 4.79 Å². The van der Waals surface area contributed by atoms with Crippen LogP contribution in [0, 0.1) is 0 Å². The molecule has 5 rings (SSSR count). The number of likely N-dealkylation sites (tertiary alicyclic amines) is 1. The number of pyridine rings is 1. The highest BCUT2D eigenvalue weighted by molar-refractivity contribution is 7.18. The second-order valence-electron chi connectivity index (χ2n) is 9.67. The first kappa shape index (κ1) is 22.1. The second kappa shape index (κ2) is 8.57. The van der Waals surface area contributed by atoms with Crippen molar-refractivity contribution in [3.63, 3.8) is 0 Å². The lowest BCUT2D eigenvalue weighted by atomic mass is 9.97. The number of nitrogens with one attached hydrogen (secondary N) is 1. The van der Waals surface area contributed by atoms with E-state index >= 15 is 0 Å². The topological polar surface area (TPSA) is 70.1 Å². The number of likely N-dealkylation sites (N-methyl/N-ethyl adjacent to an activating group) is 1. The van der Waals surface area contributed by atoms with Crippen LogP contribution in [0.25, 0.3) is 32.6 Å². The summed E-state index contributed by atoms with van der Waals surface area (Å²) in [7, 11) is 5.69. The van der Waals surface area contributed by atoms with Gasteiger partial charge in [0.25, 0.3) is 0 Å². The van der Waals surface area contributed by atoms with Gasteiger partial charge in [-0.3, -0.25) is 9.69 Å². The number of hydrogen-bond acceptors (Lipinski definition) is 5. The molecule has 1 N–H and O–H groups in total. The monoisotopic (exact) mass is 464 g/mol. The van der Waals surface area contributed by atoms with Gasteiger partial charge in [-0.15, -0.1) is 11.3 Å². The quantitative estimate of drug-likeness (QED) is 0.470. The Labute approximate surface area is 198 Å². The third-order valence-corrected chi connectivity index (χ3v) is 7.91. The van der Waals surface area contributed by atoms with E-state index in [-0.39, 0.29) is 5.91 Å². The molecule has 4 aromatic heterocycles. The van der Waals surface area contributed by atoms with Gasteiger partial charge in [-0.1, -0.05) is 13.8 Å². The maximum absolute atomic E-state index is 12.0. The number of fused-ring (bicyclic) bond motifs is 2. The molecule has 1 fully saturated rings. The van der Waals surface area contributed by atoms with Crippen LogP contribution in [0.1, 0.15) is 49.1 Å². The van der Waals surface area contributed by atoms with E-state index in [0.29, 0.717) is 18.4 Å². The van der Waals surface area contributed by atoms with Gasteiger partial charge in [0, 0.05) is 56.0 Å². The third kappa shape index (κ3) is 3.95. The summed E-state index contributed by atoms with van der Waals surface area (Å²) in [5.74, 6) is 0.995. The van der Waals surface area contributed by atoms with E-state index in [1.165, 1.54) is 21.8 Å². The van der Waals surface area contributed by atoms with Crippen LogP contribution >= 0.6 is 11.3 Å². The number of rotatable bonds is 5. The normalized spacial score (nSPS) is 15.8. The minimum atomic E-state index is 0.175. The molecule has 5 heterocycles. The number of thiazole rings is 1. The highest BCUT2D eigenvalue weighted by Crippen LogP contribution is 2.42. The summed E-state index contributed by atoms with van der Waals surface area (Å²) in [4.78, 5) is 30.6. The molecule has 33 heavy (non-hydrogen) atoms. The zero-order valence-corrected chi connectivity index (χ0v) is 20.9. The predicted octanol–water partition coefficient (Wildman–Crippen LogP) is 4.57. The highest BCUT2D eigenvalue weighted by atomic mass is 32.1. The maximum atomic E-state index is 12.0. The lowest BCUT2D eigenvalue weighted by molar-refractivity contribution is -0.130. The second-order valence-corrected chi connectivity index (χ2v) is 10.7. The molecule has 0 aliphatic carbocycles. The number of amides is 1. The van der Waals surface area contributed by atoms with Gasteiger partial charge < -0.3 is 14.5 Å². The minimum Gasteiger partial charge on any atom is -0.348 e. The summed E-state index contributed by atoms with van der Waals surface area (Å²) in [6.07, 6.45) is 6.12. The van der Waals surface area contributed by atoms with E-state index in [2.05, 4.69) is 45.5 Å². The third-order valence-electron chi connectivity index (χ3n) is 6.78. The first-order valence-electron chi connectivity index (χ1n) is 11.7. The Hall–Kier alpha value is -2.71. The van der Waals surface area contributed by atoms with Gasteiger partial charge in [0.2, 0.25) is 5.91 Å². The predicted molar refractivity (Wildman–Crippen MR) is 135 cm³/mol. The molecule has 7 nitrogen and oxygen atoms in total. The van der Waals surface area contributed by atoms with Crippen molar-refractivity contribution in [2.24, 2.45) is 7.05 Å². The molecule has 0 bridgehead atoms. The number of hydrogen-bond donors (Lipinski definition) is 1. The molecule has 0 aromatic carbocycles. The van der Waals surface area contributed by atoms with Crippen molar-refractivity contribution in [3.8, 4) is 11.3 Å². The number of carbonyl (C=O) groups is 1. The summed E-state index contributed by atoms with van der Waals surface area (Å²) >= 11 is 1.80. The molecule has 4 aromatic rings. The molecule has 0 radical (unpaired) electrons. The smallest absolute Gasteiger partial charge is 0.236 e. The molecule has 1 aliphatic heterocycles. The van der Waals surface area contributed by atoms with Crippen molar-refractivity contribution in [2.75, 3.05) is 33.7 Å². The number of H-pyrrole nitrogens is 1. The molecule has 0 saturated carbocycles. The Bertz CT molecular complexity index is 1310. The van der Waals surface area contributed by atoms with Gasteiger partial charge in [-0.2, -0.15) is 0 Å². The van der Waals surface area contributed by atoms with E-state index in [0.717, 1.165) is 47.3 Å². The molecule has 1 amide bonds. The molecular weight excluding hydrogens is 432 g/mol. The van der Waals surface area contributed by atoms with Crippen LogP contribution in [0.3, 0.4) is 0 Å². The Morgan fingerprint density at radius 3 is 2.76 bits per heavy atom. The van der Waals surface area contributed by atoms with Crippen LogP contribution in [0.2, 0.25) is 0 Å². The zero-order chi connectivity index (χ0) is 23.3. The van der Waals surface area contributed by atoms with Crippen molar-refractivity contribution in [2.45, 2.75) is 38.5 Å². The van der Waals surface area contributed by atoms with Crippen LogP contribution in [0.15, 0.2) is 24.5 Å². The Morgan fingerprint density at radius 1 is 1.30 bits per heavy atom. The van der Waals surface area contributed by atoms with Crippen LogP contribution in [-0.2, 0) is 11.8 Å². The number of aryl methyl sites for hydroxylation is 1. The van der Waals surface area contributed by atoms with E-state index in [1.54, 1.807) is 16.2 Å². The van der Waals surface area contributed by atoms with Crippen LogP contribution in [0.5, 0.6) is 0 Å². The Morgan fingerprint density at radius 2 is 2.06 bits per heavy atom. The minimum absolute atomic E-state index is 0.175. The van der Waals surface area contributed by atoms with E-state index in [4.69, 9.17) is 4.98 Å². The van der Waals surface area contributed by atoms with Crippen molar-refractivity contribution < 1.29 is 4.79 Å². The first-order valence-corrected chi connectivity index (χ1v) is 12.5. The van der Waals surface area contributed by atoms with Crippen molar-refractivity contribution in [1.29, 1.82) is 0 Å². The summed E-state index contributed by atoms with van der Waals surface area (Å²) < 4.78 is 2.09. The molecule has 0 atom stereocenters. The number of aromatic nitrogens is 4. The summed E-state index contributed by atoms with van der Waals surface area (Å²) in [6, 6.07) is 4.14. The van der Waals surface area contributed by atoms with Gasteiger partial charge in [0.1, 0.15) is 16.0 Å². The van der Waals surface area contributed by atoms with Crippen LogP contribution in [-0.4, -0.2) is 69.0 Å². The van der Waals surface area contributed by atoms with Gasteiger partial charge in [-0.25, -0.2) is 9.97 Å². The number of piperidine rings is 1. The molecule has 0 unspecified atom stereocenters. The molecular formula is C25H32N6OS. The lowest BCUT2D eigenvalue weighted by Crippen LogP contribution is -2.40. The number of nitrogens with zero attached hydrogens (tertiary/aromatic N) is 5. The van der Waals surface area contributed by atoms with Gasteiger partial charge in [0.05, 0.1) is 17.2 Å². The molecule has 174 valence electrons. The van der Waals surface area contributed by atoms with E-state index in [1.807, 2.05) is 33.4 Å². The fourth-order valence-electron chi connectivity index (χ4n) is 4.93. The molecule has 1 aliphatic rings. The Balaban J connectivity index is 1.44. The summed E-state index contributed by atoms with van der Waals surface area (Å²) in [6.45, 7) is 6.90. The van der Waals surface area contributed by atoms with Crippen molar-refractivity contribution in [1.82, 2.24) is 29.3 Å².